The molecule has 2 aliphatic heterocycles. The molecule has 19 heteroatoms. The number of carbonyl (C=O) groups excluding carboxylic acids is 7. The average Bonchev–Trinajstić information content (AvgIpc) is 1.61. The molecule has 1 aromatic heterocycles. The number of ketones is 1. The number of nitrogens with one attached hydrogen (secondary N) is 3. The van der Waals surface area contributed by atoms with E-state index in [2.05, 4.69) is 50.8 Å². The van der Waals surface area contributed by atoms with Crippen LogP contribution in [-0.4, -0.2) is 149 Å². The summed E-state index contributed by atoms with van der Waals surface area (Å²) in [5, 5.41) is 26.6. The lowest BCUT2D eigenvalue weighted by Crippen LogP contribution is -2.60. The zero-order valence-electron chi connectivity index (χ0n) is 57.1. The van der Waals surface area contributed by atoms with E-state index in [1.165, 1.54) is 4.57 Å². The Hall–Kier alpha value is -4.59. The highest BCUT2D eigenvalue weighted by molar-refractivity contribution is 5.87. The molecule has 12 unspecified atom stereocenters. The van der Waals surface area contributed by atoms with Crippen molar-refractivity contribution in [3.63, 3.8) is 0 Å². The minimum Gasteiger partial charge on any atom is -0.494 e. The number of likely N-dealkylation sites (N-methyl/N-ethyl adjacent to an activating group) is 1. The van der Waals surface area contributed by atoms with Crippen LogP contribution in [0.25, 0.3) is 0 Å². The van der Waals surface area contributed by atoms with Crippen molar-refractivity contribution in [2.75, 3.05) is 47.5 Å². The second kappa shape index (κ2) is 33.5. The van der Waals surface area contributed by atoms with Crippen LogP contribution in [0.2, 0.25) is 0 Å². The van der Waals surface area contributed by atoms with Crippen LogP contribution in [0.5, 0.6) is 11.8 Å². The molecule has 0 radical (unpaired) electrons. The van der Waals surface area contributed by atoms with Gasteiger partial charge in [0.05, 0.1) is 48.3 Å². The first-order chi connectivity index (χ1) is 40.9. The van der Waals surface area contributed by atoms with Crippen molar-refractivity contribution in [2.45, 2.75) is 261 Å². The summed E-state index contributed by atoms with van der Waals surface area (Å²) in [4.78, 5) is 106. The quantitative estimate of drug-likeness (QED) is 0.0306. The molecule has 0 spiro atoms. The Morgan fingerprint density at radius 1 is 0.874 bits per heavy atom. The molecule has 12 atom stereocenters. The summed E-state index contributed by atoms with van der Waals surface area (Å²) < 4.78 is 13.8. The van der Waals surface area contributed by atoms with Gasteiger partial charge >= 0.3 is 0 Å². The number of ether oxygens (including phenoxy) is 2. The van der Waals surface area contributed by atoms with Gasteiger partial charge in [-0.3, -0.25) is 53.9 Å². The fraction of sp³-hybridized carbons (Fsp3) is 0.838. The third-order valence-electron chi connectivity index (χ3n) is 21.5. The van der Waals surface area contributed by atoms with Crippen molar-refractivity contribution in [1.82, 2.24) is 35.6 Å². The molecule has 5 amide bonds. The molecule has 498 valence electrons. The summed E-state index contributed by atoms with van der Waals surface area (Å²) in [5.41, 5.74) is 2.85. The zero-order valence-corrected chi connectivity index (χ0v) is 57.1. The highest BCUT2D eigenvalue weighted by Gasteiger charge is 2.60. The number of methoxy groups -OCH3 is 2. The molecule has 0 bridgehead atoms. The van der Waals surface area contributed by atoms with Crippen molar-refractivity contribution >= 4 is 41.6 Å². The molecule has 3 aliphatic rings. The predicted molar refractivity (Wildman–Crippen MR) is 340 cm³/mol. The van der Waals surface area contributed by atoms with Gasteiger partial charge in [0.25, 0.3) is 5.91 Å². The van der Waals surface area contributed by atoms with Gasteiger partial charge < -0.3 is 34.7 Å². The maximum absolute atomic E-state index is 14.6. The first-order valence-electron chi connectivity index (χ1n) is 33.5. The van der Waals surface area contributed by atoms with Gasteiger partial charge in [-0.25, -0.2) is 5.06 Å². The molecule has 3 fully saturated rings. The van der Waals surface area contributed by atoms with E-state index in [-0.39, 0.29) is 114 Å². The van der Waals surface area contributed by atoms with Crippen LogP contribution in [0.1, 0.15) is 225 Å². The number of likely N-dealkylation sites (tertiary alicyclic amines) is 1. The van der Waals surface area contributed by atoms with Crippen LogP contribution < -0.4 is 16.2 Å². The van der Waals surface area contributed by atoms with E-state index in [4.69, 9.17) is 14.3 Å². The van der Waals surface area contributed by atoms with Gasteiger partial charge in [-0.1, -0.05) is 117 Å². The average molecular weight is 1230 g/mol. The van der Waals surface area contributed by atoms with Crippen LogP contribution in [-0.2, 0) is 59.8 Å². The molecular weight excluding hydrogens is 1110 g/mol. The van der Waals surface area contributed by atoms with Crippen LogP contribution in [0.4, 0.5) is 0 Å². The van der Waals surface area contributed by atoms with Gasteiger partial charge in [0, 0.05) is 69.7 Å². The lowest BCUT2D eigenvalue weighted by Gasteiger charge is -2.41. The summed E-state index contributed by atoms with van der Waals surface area (Å²) >= 11 is 0. The maximum Gasteiger partial charge on any atom is 0.252 e. The van der Waals surface area contributed by atoms with E-state index in [1.807, 2.05) is 72.2 Å². The molecule has 1 saturated carbocycles. The van der Waals surface area contributed by atoms with E-state index in [0.717, 1.165) is 70.5 Å². The first-order valence-corrected chi connectivity index (χ1v) is 33.5. The lowest BCUT2D eigenvalue weighted by molar-refractivity contribution is -0.203. The number of hydrazine groups is 1. The Morgan fingerprint density at radius 2 is 1.55 bits per heavy atom. The van der Waals surface area contributed by atoms with Crippen molar-refractivity contribution in [3.05, 3.63) is 11.6 Å². The van der Waals surface area contributed by atoms with Crippen molar-refractivity contribution < 1.29 is 58.1 Å². The second-order valence-electron chi connectivity index (χ2n) is 28.3. The number of hydrogen-bond donors (Lipinski definition) is 5. The van der Waals surface area contributed by atoms with Gasteiger partial charge in [0.1, 0.15) is 12.1 Å². The standard InChI is InChI=1S/C68H119N7O12/c1-19-46(9)51(55(85-17)40-58(80)73-34-26-28-53(73)60(86-18)49(12)54(77)29-25-31-67(42-50(67)20-2)64(84)75-35-23-24-37-87-75)38-47(10)48(11)41-68(43-76,45(7)8)69-61(81)59(44(5)6)72(16)33-27-30-56(78)70-71-63(83)65(13,14)32-36-74-57(79)39-52(62(74)82)66(15,21-3)22-4/h39,43-51,53,55,59-60,79,82H,19-38,40-42H2,1-18H3,(H,69,81)(H,70,78)(H,71,83). The Bertz CT molecular complexity index is 2400. The normalized spacial score (nSPS) is 21.8. The van der Waals surface area contributed by atoms with E-state index < -0.39 is 46.2 Å². The monoisotopic (exact) mass is 1230 g/mol. The number of rotatable bonds is 38. The molecule has 1 aromatic rings. The van der Waals surface area contributed by atoms with Crippen molar-refractivity contribution in [2.24, 2.45) is 58.2 Å². The molecular formula is C68H119N7O12. The topological polar surface area (TPSA) is 238 Å². The number of aldehydes is 1. The molecule has 19 nitrogen and oxygen atoms in total. The highest BCUT2D eigenvalue weighted by atomic mass is 16.7. The summed E-state index contributed by atoms with van der Waals surface area (Å²) in [6.45, 7) is 32.4. The van der Waals surface area contributed by atoms with Crippen LogP contribution in [0.15, 0.2) is 6.07 Å². The smallest absolute Gasteiger partial charge is 0.252 e. The number of hydroxylamine groups is 2. The van der Waals surface area contributed by atoms with Gasteiger partial charge in [-0.15, -0.1) is 0 Å². The zero-order chi connectivity index (χ0) is 65.4. The Morgan fingerprint density at radius 3 is 2.10 bits per heavy atom. The molecule has 2 saturated heterocycles. The molecule has 0 aromatic carbocycles. The van der Waals surface area contributed by atoms with Crippen LogP contribution in [0.3, 0.4) is 0 Å². The summed E-state index contributed by atoms with van der Waals surface area (Å²) in [5.74, 6) is -1.29. The summed E-state index contributed by atoms with van der Waals surface area (Å²) in [6.07, 6.45) is 11.3. The molecule has 5 N–H and O–H groups in total. The molecule has 87 heavy (non-hydrogen) atoms. The summed E-state index contributed by atoms with van der Waals surface area (Å²) in [6, 6.07) is 0.718. The number of carbonyl (C=O) groups is 7. The molecule has 1 aliphatic carbocycles. The number of aromatic nitrogens is 1. The number of amides is 5. The first kappa shape index (κ1) is 74.9. The number of nitrogens with zero attached hydrogens (tertiary/aromatic N) is 4. The van der Waals surface area contributed by atoms with Crippen molar-refractivity contribution in [3.8, 4) is 11.8 Å². The Balaban J connectivity index is 1.33. The third-order valence-corrected chi connectivity index (χ3v) is 21.5. The van der Waals surface area contributed by atoms with E-state index in [1.54, 1.807) is 39.2 Å². The fourth-order valence-corrected chi connectivity index (χ4v) is 14.1. The number of aromatic hydroxyl groups is 2. The van der Waals surface area contributed by atoms with Gasteiger partial charge in [-0.2, -0.15) is 0 Å². The number of hydrogen-bond acceptors (Lipinski definition) is 13. The largest absolute Gasteiger partial charge is 0.494 e. The van der Waals surface area contributed by atoms with Crippen molar-refractivity contribution in [1.29, 1.82) is 0 Å². The van der Waals surface area contributed by atoms with Gasteiger partial charge in [0.15, 0.2) is 11.8 Å². The minimum absolute atomic E-state index is 0.00446. The van der Waals surface area contributed by atoms with E-state index in [9.17, 15) is 43.8 Å². The van der Waals surface area contributed by atoms with E-state index in [0.29, 0.717) is 69.8 Å². The third kappa shape index (κ3) is 18.8. The second-order valence-corrected chi connectivity index (χ2v) is 28.3. The SMILES string of the molecule is CCC(C)C(CC(C)C(C)CC(C=O)(NC(=O)C(C(C)C)N(C)CCCC(=O)NNC(=O)C(C)(C)CCn1c(O)cc(C(C)(CC)CC)c1O)C(C)C)C(CC(=O)N1CCCC1C(OC)C(C)C(=O)CCCC1(C(=O)N2CCCCO2)CC1CC)OC. The summed E-state index contributed by atoms with van der Waals surface area (Å²) in [7, 11) is 5.14. The Kier molecular flexibility index (Phi) is 28.8. The van der Waals surface area contributed by atoms with Gasteiger partial charge in [0.2, 0.25) is 23.6 Å². The molecule has 3 heterocycles. The predicted octanol–water partition coefficient (Wildman–Crippen LogP) is 10.5. The minimum atomic E-state index is -1.18. The fourth-order valence-electron chi connectivity index (χ4n) is 14.1. The van der Waals surface area contributed by atoms with Crippen LogP contribution >= 0.6 is 0 Å². The van der Waals surface area contributed by atoms with E-state index >= 15 is 0 Å². The number of Topliss-reactive ketones (excluding diaryl/α,β-unsaturated/α-hetero) is 1. The highest BCUT2D eigenvalue weighted by Crippen LogP contribution is 2.59. The molecule has 4 rings (SSSR count). The lowest BCUT2D eigenvalue weighted by atomic mass is 9.72. The Labute approximate surface area is 523 Å². The van der Waals surface area contributed by atoms with Gasteiger partial charge in [-0.05, 0) is 144 Å². The van der Waals surface area contributed by atoms with Crippen LogP contribution in [0, 0.1) is 58.2 Å². The maximum atomic E-state index is 14.6.